The number of hydrogen-bond acceptors (Lipinski definition) is 4. The molecule has 2 aromatic carbocycles. The molecule has 0 N–H and O–H groups in total. The molecule has 0 saturated carbocycles. The highest BCUT2D eigenvalue weighted by Gasteiger charge is 2.09. The van der Waals surface area contributed by atoms with E-state index in [1.165, 1.54) is 16.5 Å². The number of ether oxygens (including phenoxy) is 2. The Bertz CT molecular complexity index is 833. The Morgan fingerprint density at radius 1 is 0.957 bits per heavy atom. The number of para-hydroxylation sites is 1. The van der Waals surface area contributed by atoms with E-state index in [1.807, 2.05) is 30.3 Å². The molecule has 0 unspecified atom stereocenters. The Hall–Kier alpha value is -2.20. The lowest BCUT2D eigenvalue weighted by atomic mass is 10.1. The molecule has 23 heavy (non-hydrogen) atoms. The van der Waals surface area contributed by atoms with Gasteiger partial charge in [-0.2, -0.15) is 0 Å². The molecule has 0 saturated heterocycles. The van der Waals surface area contributed by atoms with E-state index in [4.69, 9.17) is 14.5 Å². The van der Waals surface area contributed by atoms with Gasteiger partial charge in [0.25, 0.3) is 0 Å². The number of nitrogens with zero attached hydrogens (tertiary/aromatic N) is 1. The molecule has 1 aromatic heterocycles. The number of rotatable bonds is 5. The molecule has 3 nitrogen and oxygen atoms in total. The molecular formula is C19H19NO2S. The topological polar surface area (TPSA) is 31.4 Å². The third-order valence-corrected chi connectivity index (χ3v) is 4.77. The van der Waals surface area contributed by atoms with Gasteiger partial charge < -0.3 is 9.47 Å². The Labute approximate surface area is 140 Å². The summed E-state index contributed by atoms with van der Waals surface area (Å²) >= 11 is 1.73. The van der Waals surface area contributed by atoms with Gasteiger partial charge in [-0.3, -0.25) is 0 Å². The molecule has 0 amide bonds. The lowest BCUT2D eigenvalue weighted by molar-refractivity contribution is 0.354. The van der Waals surface area contributed by atoms with E-state index in [9.17, 15) is 0 Å². The maximum Gasteiger partial charge on any atom is 0.161 e. The van der Waals surface area contributed by atoms with Crippen LogP contribution in [0.1, 0.15) is 11.1 Å². The van der Waals surface area contributed by atoms with E-state index in [-0.39, 0.29) is 0 Å². The van der Waals surface area contributed by atoms with Gasteiger partial charge in [-0.05, 0) is 42.3 Å². The van der Waals surface area contributed by atoms with Gasteiger partial charge in [0.1, 0.15) is 0 Å². The zero-order valence-corrected chi connectivity index (χ0v) is 14.3. The first-order valence-corrected chi connectivity index (χ1v) is 8.40. The minimum atomic E-state index is 0.764. The lowest BCUT2D eigenvalue weighted by Gasteiger charge is -2.12. The fraction of sp³-hybridized carbons (Fsp3) is 0.211. The van der Waals surface area contributed by atoms with Gasteiger partial charge in [-0.1, -0.05) is 24.3 Å². The standard InChI is InChI=1S/C19H19NO2S/c1-13-10-17(21-2)18(22-3)11-15(13)12-23-19-9-8-14-6-4-5-7-16(14)20-19/h4-11H,12H2,1-3H3. The Morgan fingerprint density at radius 3 is 2.48 bits per heavy atom. The van der Waals surface area contributed by atoms with Crippen LogP contribution in [0, 0.1) is 6.92 Å². The van der Waals surface area contributed by atoms with Gasteiger partial charge in [0, 0.05) is 11.1 Å². The minimum Gasteiger partial charge on any atom is -0.493 e. The zero-order chi connectivity index (χ0) is 16.2. The van der Waals surface area contributed by atoms with Crippen molar-refractivity contribution in [2.75, 3.05) is 14.2 Å². The van der Waals surface area contributed by atoms with Crippen molar-refractivity contribution in [2.45, 2.75) is 17.7 Å². The molecule has 0 aliphatic rings. The average molecular weight is 325 g/mol. The molecular weight excluding hydrogens is 306 g/mol. The van der Waals surface area contributed by atoms with Gasteiger partial charge in [0.05, 0.1) is 24.8 Å². The second-order valence-electron chi connectivity index (χ2n) is 5.26. The highest BCUT2D eigenvalue weighted by atomic mass is 32.2. The number of pyridine rings is 1. The highest BCUT2D eigenvalue weighted by Crippen LogP contribution is 2.33. The summed E-state index contributed by atoms with van der Waals surface area (Å²) in [5.74, 6) is 2.38. The van der Waals surface area contributed by atoms with Crippen molar-refractivity contribution in [1.29, 1.82) is 0 Å². The molecule has 0 spiro atoms. The number of thioether (sulfide) groups is 1. The Balaban J connectivity index is 1.81. The molecule has 0 radical (unpaired) electrons. The summed E-state index contributed by atoms with van der Waals surface area (Å²) in [6.45, 7) is 2.09. The van der Waals surface area contributed by atoms with E-state index < -0.39 is 0 Å². The average Bonchev–Trinajstić information content (AvgIpc) is 2.60. The van der Waals surface area contributed by atoms with Crippen LogP contribution in [0.4, 0.5) is 0 Å². The molecule has 1 heterocycles. The first-order chi connectivity index (χ1) is 11.2. The van der Waals surface area contributed by atoms with Crippen LogP contribution < -0.4 is 9.47 Å². The molecule has 0 aliphatic carbocycles. The predicted molar refractivity (Wildman–Crippen MR) is 95.6 cm³/mol. The Morgan fingerprint density at radius 2 is 1.70 bits per heavy atom. The summed E-state index contributed by atoms with van der Waals surface area (Å²) in [6.07, 6.45) is 0. The molecule has 0 fully saturated rings. The summed E-state index contributed by atoms with van der Waals surface area (Å²) in [7, 11) is 3.32. The molecule has 118 valence electrons. The number of fused-ring (bicyclic) bond motifs is 1. The van der Waals surface area contributed by atoms with Gasteiger partial charge in [0.15, 0.2) is 11.5 Å². The Kier molecular flexibility index (Phi) is 4.72. The number of aromatic nitrogens is 1. The van der Waals surface area contributed by atoms with Gasteiger partial charge in [-0.15, -0.1) is 11.8 Å². The first kappa shape index (κ1) is 15.7. The van der Waals surface area contributed by atoms with Crippen molar-refractivity contribution in [2.24, 2.45) is 0 Å². The van der Waals surface area contributed by atoms with Crippen LogP contribution in [-0.4, -0.2) is 19.2 Å². The summed E-state index contributed by atoms with van der Waals surface area (Å²) in [4.78, 5) is 4.70. The van der Waals surface area contributed by atoms with Crippen molar-refractivity contribution in [3.8, 4) is 11.5 Å². The van der Waals surface area contributed by atoms with Crippen LogP contribution in [0.15, 0.2) is 53.6 Å². The van der Waals surface area contributed by atoms with Crippen molar-refractivity contribution in [3.63, 3.8) is 0 Å². The van der Waals surface area contributed by atoms with Crippen molar-refractivity contribution >= 4 is 22.7 Å². The zero-order valence-electron chi connectivity index (χ0n) is 13.5. The largest absolute Gasteiger partial charge is 0.493 e. The van der Waals surface area contributed by atoms with Crippen LogP contribution in [0.25, 0.3) is 10.9 Å². The lowest BCUT2D eigenvalue weighted by Crippen LogP contribution is -1.95. The van der Waals surface area contributed by atoms with E-state index in [2.05, 4.69) is 25.1 Å². The second-order valence-corrected chi connectivity index (χ2v) is 6.26. The van der Waals surface area contributed by atoms with Crippen molar-refractivity contribution < 1.29 is 9.47 Å². The number of benzene rings is 2. The summed E-state index contributed by atoms with van der Waals surface area (Å²) in [6, 6.07) is 16.4. The molecule has 3 rings (SSSR count). The summed E-state index contributed by atoms with van der Waals surface area (Å²) < 4.78 is 10.7. The van der Waals surface area contributed by atoms with Crippen LogP contribution >= 0.6 is 11.8 Å². The molecule has 0 aliphatic heterocycles. The quantitative estimate of drug-likeness (QED) is 0.627. The monoisotopic (exact) mass is 325 g/mol. The predicted octanol–water partition coefficient (Wildman–Crippen LogP) is 4.85. The van der Waals surface area contributed by atoms with Crippen molar-refractivity contribution in [3.05, 3.63) is 59.7 Å². The van der Waals surface area contributed by atoms with Gasteiger partial charge in [-0.25, -0.2) is 4.98 Å². The molecule has 4 heteroatoms. The normalized spacial score (nSPS) is 10.7. The first-order valence-electron chi connectivity index (χ1n) is 7.41. The van der Waals surface area contributed by atoms with Crippen LogP contribution in [0.2, 0.25) is 0 Å². The summed E-state index contributed by atoms with van der Waals surface area (Å²) in [5.41, 5.74) is 3.44. The maximum atomic E-state index is 5.39. The molecule has 0 bridgehead atoms. The van der Waals surface area contributed by atoms with Gasteiger partial charge >= 0.3 is 0 Å². The van der Waals surface area contributed by atoms with Crippen LogP contribution in [0.3, 0.4) is 0 Å². The number of aryl methyl sites for hydroxylation is 1. The fourth-order valence-corrected chi connectivity index (χ4v) is 3.40. The fourth-order valence-electron chi connectivity index (χ4n) is 2.46. The minimum absolute atomic E-state index is 0.764. The van der Waals surface area contributed by atoms with E-state index in [0.717, 1.165) is 27.8 Å². The summed E-state index contributed by atoms with van der Waals surface area (Å²) in [5, 5.41) is 2.19. The maximum absolute atomic E-state index is 5.39. The number of methoxy groups -OCH3 is 2. The SMILES string of the molecule is COc1cc(C)c(CSc2ccc3ccccc3n2)cc1OC. The van der Waals surface area contributed by atoms with Crippen LogP contribution in [-0.2, 0) is 5.75 Å². The van der Waals surface area contributed by atoms with Crippen molar-refractivity contribution in [1.82, 2.24) is 4.98 Å². The third-order valence-electron chi connectivity index (χ3n) is 3.79. The molecule has 3 aromatic rings. The number of hydrogen-bond donors (Lipinski definition) is 0. The van der Waals surface area contributed by atoms with Gasteiger partial charge in [0.2, 0.25) is 0 Å². The van der Waals surface area contributed by atoms with E-state index in [1.54, 1.807) is 26.0 Å². The van der Waals surface area contributed by atoms with E-state index in [0.29, 0.717) is 0 Å². The van der Waals surface area contributed by atoms with Crippen LogP contribution in [0.5, 0.6) is 11.5 Å². The smallest absolute Gasteiger partial charge is 0.161 e. The third kappa shape index (κ3) is 3.42. The molecule has 0 atom stereocenters. The second kappa shape index (κ2) is 6.92. The highest BCUT2D eigenvalue weighted by molar-refractivity contribution is 7.98. The van der Waals surface area contributed by atoms with E-state index >= 15 is 0 Å².